The molecule has 6 heteroatoms. The van der Waals surface area contributed by atoms with Crippen LogP contribution < -0.4 is 10.2 Å². The van der Waals surface area contributed by atoms with Crippen LogP contribution in [0, 0.1) is 0 Å². The maximum atomic E-state index is 11.4. The van der Waals surface area contributed by atoms with Gasteiger partial charge in [-0.05, 0) is 30.5 Å². The zero-order valence-electron chi connectivity index (χ0n) is 12.5. The molecule has 6 nitrogen and oxygen atoms in total. The Kier molecular flexibility index (Phi) is 4.37. The molecule has 2 heterocycles. The quantitative estimate of drug-likeness (QED) is 0.685. The molecular weight excluding hydrogens is 280 g/mol. The molecule has 1 aromatic rings. The lowest BCUT2D eigenvalue weighted by atomic mass is 10.2. The molecule has 2 saturated heterocycles. The monoisotopic (exact) mass is 300 g/mol. The average Bonchev–Trinajstić information content (AvgIpc) is 2.72. The Morgan fingerprint density at radius 2 is 1.68 bits per heavy atom. The van der Waals surface area contributed by atoms with Crippen molar-refractivity contribution in [1.29, 1.82) is 0 Å². The summed E-state index contributed by atoms with van der Waals surface area (Å²) in [4.78, 5) is 24.9. The van der Waals surface area contributed by atoms with E-state index in [0.29, 0.717) is 0 Å². The van der Waals surface area contributed by atoms with Crippen molar-refractivity contribution >= 4 is 23.8 Å². The van der Waals surface area contributed by atoms with E-state index in [2.05, 4.69) is 27.5 Å². The Bertz CT molecular complexity index is 574. The number of hydrogen-bond acceptors (Lipinski definition) is 4. The molecule has 0 aromatic heterocycles. The van der Waals surface area contributed by atoms with Crippen molar-refractivity contribution in [1.82, 2.24) is 10.3 Å². The van der Waals surface area contributed by atoms with Crippen molar-refractivity contribution in [3.63, 3.8) is 0 Å². The first-order chi connectivity index (χ1) is 10.7. The number of nitrogens with one attached hydrogen (secondary N) is 1. The molecule has 0 unspecified atom stereocenters. The van der Waals surface area contributed by atoms with Crippen LogP contribution in [0.5, 0.6) is 0 Å². The van der Waals surface area contributed by atoms with Gasteiger partial charge in [-0.1, -0.05) is 25.0 Å². The van der Waals surface area contributed by atoms with Gasteiger partial charge in [-0.3, -0.25) is 10.1 Å². The van der Waals surface area contributed by atoms with Crippen LogP contribution in [0.3, 0.4) is 0 Å². The van der Waals surface area contributed by atoms with Gasteiger partial charge in [0.15, 0.2) is 0 Å². The number of carbonyl (C=O) groups excluding carboxylic acids is 2. The molecule has 0 bridgehead atoms. The van der Waals surface area contributed by atoms with Gasteiger partial charge < -0.3 is 4.90 Å². The van der Waals surface area contributed by atoms with E-state index in [1.807, 2.05) is 12.1 Å². The molecule has 0 spiro atoms. The highest BCUT2D eigenvalue weighted by molar-refractivity contribution is 6.02. The third-order valence-corrected chi connectivity index (χ3v) is 3.98. The molecule has 22 heavy (non-hydrogen) atoms. The summed E-state index contributed by atoms with van der Waals surface area (Å²) in [6.07, 6.45) is 6.74. The fourth-order valence-electron chi connectivity index (χ4n) is 2.76. The molecule has 3 rings (SSSR count). The number of hydrogen-bond donors (Lipinski definition) is 1. The summed E-state index contributed by atoms with van der Waals surface area (Å²) in [7, 11) is 0. The summed E-state index contributed by atoms with van der Waals surface area (Å²) >= 11 is 0. The lowest BCUT2D eigenvalue weighted by Crippen LogP contribution is -2.24. The van der Waals surface area contributed by atoms with Gasteiger partial charge in [-0.25, -0.2) is 9.80 Å². The van der Waals surface area contributed by atoms with E-state index < -0.39 is 6.03 Å². The first-order valence-electron chi connectivity index (χ1n) is 7.73. The number of urea groups is 1. The topological polar surface area (TPSA) is 65.0 Å². The van der Waals surface area contributed by atoms with E-state index >= 15 is 0 Å². The standard InChI is InChI=1S/C16H20N4O2/c21-15-12-20(16(22)18-15)17-11-13-5-7-14(8-6-13)19-9-3-1-2-4-10-19/h5-8,11H,1-4,9-10,12H2,(H,18,21,22)/b17-11-. The van der Waals surface area contributed by atoms with Crippen molar-refractivity contribution in [2.45, 2.75) is 25.7 Å². The maximum absolute atomic E-state index is 11.4. The van der Waals surface area contributed by atoms with Crippen molar-refractivity contribution in [2.75, 3.05) is 24.5 Å². The van der Waals surface area contributed by atoms with Gasteiger partial charge in [-0.2, -0.15) is 5.10 Å². The number of carbonyl (C=O) groups is 2. The van der Waals surface area contributed by atoms with Crippen LogP contribution in [0.15, 0.2) is 29.4 Å². The number of amides is 3. The minimum Gasteiger partial charge on any atom is -0.372 e. The first-order valence-corrected chi connectivity index (χ1v) is 7.73. The summed E-state index contributed by atoms with van der Waals surface area (Å²) in [5, 5.41) is 7.36. The molecule has 2 fully saturated rings. The van der Waals surface area contributed by atoms with Crippen molar-refractivity contribution in [3.8, 4) is 0 Å². The van der Waals surface area contributed by atoms with E-state index in [1.165, 1.54) is 31.4 Å². The smallest absolute Gasteiger partial charge is 0.344 e. The first kappa shape index (κ1) is 14.6. The second-order valence-corrected chi connectivity index (χ2v) is 5.65. The molecule has 0 atom stereocenters. The summed E-state index contributed by atoms with van der Waals surface area (Å²) in [6, 6.07) is 7.67. The van der Waals surface area contributed by atoms with Gasteiger partial charge in [0.2, 0.25) is 5.91 Å². The Hall–Kier alpha value is -2.37. The molecule has 2 aliphatic rings. The van der Waals surface area contributed by atoms with Crippen molar-refractivity contribution in [2.24, 2.45) is 5.10 Å². The molecule has 0 saturated carbocycles. The average molecular weight is 300 g/mol. The molecule has 3 amide bonds. The van der Waals surface area contributed by atoms with Crippen molar-refractivity contribution < 1.29 is 9.59 Å². The van der Waals surface area contributed by atoms with E-state index in [0.717, 1.165) is 23.7 Å². The third-order valence-electron chi connectivity index (χ3n) is 3.98. The largest absolute Gasteiger partial charge is 0.372 e. The molecule has 116 valence electrons. The highest BCUT2D eigenvalue weighted by atomic mass is 16.2. The molecule has 1 aromatic carbocycles. The van der Waals surface area contributed by atoms with Gasteiger partial charge in [0.05, 0.1) is 6.21 Å². The lowest BCUT2D eigenvalue weighted by molar-refractivity contribution is -0.118. The van der Waals surface area contributed by atoms with Crippen LogP contribution in [0.25, 0.3) is 0 Å². The molecule has 0 aliphatic carbocycles. The predicted molar refractivity (Wildman–Crippen MR) is 85.0 cm³/mol. The predicted octanol–water partition coefficient (Wildman–Crippen LogP) is 1.95. The number of anilines is 1. The molecular formula is C16H20N4O2. The highest BCUT2D eigenvalue weighted by Gasteiger charge is 2.25. The van der Waals surface area contributed by atoms with Crippen LogP contribution >= 0.6 is 0 Å². The minimum absolute atomic E-state index is 0.0127. The molecule has 0 radical (unpaired) electrons. The van der Waals surface area contributed by atoms with Gasteiger partial charge in [0, 0.05) is 18.8 Å². The highest BCUT2D eigenvalue weighted by Crippen LogP contribution is 2.19. The second-order valence-electron chi connectivity index (χ2n) is 5.65. The van der Waals surface area contributed by atoms with Crippen LogP contribution in [-0.2, 0) is 4.79 Å². The summed E-state index contributed by atoms with van der Waals surface area (Å²) in [5.41, 5.74) is 2.14. The fraction of sp³-hybridized carbons (Fsp3) is 0.438. The Morgan fingerprint density at radius 3 is 2.27 bits per heavy atom. The number of benzene rings is 1. The normalized spacial score (nSPS) is 19.6. The number of nitrogens with zero attached hydrogens (tertiary/aromatic N) is 3. The number of hydrazone groups is 1. The third kappa shape index (κ3) is 3.44. The van der Waals surface area contributed by atoms with Crippen molar-refractivity contribution in [3.05, 3.63) is 29.8 Å². The van der Waals surface area contributed by atoms with E-state index in [1.54, 1.807) is 6.21 Å². The van der Waals surface area contributed by atoms with Gasteiger partial charge in [0.25, 0.3) is 0 Å². The van der Waals surface area contributed by atoms with Crippen LogP contribution in [0.1, 0.15) is 31.2 Å². The Morgan fingerprint density at radius 1 is 1.00 bits per heavy atom. The van der Waals surface area contributed by atoms with Crippen LogP contribution in [0.4, 0.5) is 10.5 Å². The van der Waals surface area contributed by atoms with Gasteiger partial charge >= 0.3 is 6.03 Å². The Balaban J connectivity index is 1.63. The summed E-state index contributed by atoms with van der Waals surface area (Å²) in [6.45, 7) is 2.22. The summed E-state index contributed by atoms with van der Waals surface area (Å²) < 4.78 is 0. The minimum atomic E-state index is -0.470. The fourth-order valence-corrected chi connectivity index (χ4v) is 2.76. The SMILES string of the molecule is O=C1CN(/N=C\c2ccc(N3CCCCCC3)cc2)C(=O)N1. The van der Waals surface area contributed by atoms with E-state index in [9.17, 15) is 9.59 Å². The number of imide groups is 1. The lowest BCUT2D eigenvalue weighted by Gasteiger charge is -2.22. The maximum Gasteiger partial charge on any atom is 0.344 e. The second kappa shape index (κ2) is 6.60. The van der Waals surface area contributed by atoms with Gasteiger partial charge in [0.1, 0.15) is 6.54 Å². The van der Waals surface area contributed by atoms with Gasteiger partial charge in [-0.15, -0.1) is 0 Å². The zero-order chi connectivity index (χ0) is 15.4. The Labute approximate surface area is 129 Å². The summed E-state index contributed by atoms with van der Waals surface area (Å²) in [5.74, 6) is -0.321. The van der Waals surface area contributed by atoms with E-state index in [-0.39, 0.29) is 12.5 Å². The number of rotatable bonds is 3. The van der Waals surface area contributed by atoms with Crippen LogP contribution in [-0.4, -0.2) is 42.8 Å². The molecule has 1 N–H and O–H groups in total. The zero-order valence-corrected chi connectivity index (χ0v) is 12.5. The van der Waals surface area contributed by atoms with E-state index in [4.69, 9.17) is 0 Å². The van der Waals surface area contributed by atoms with Crippen LogP contribution in [0.2, 0.25) is 0 Å². The molecule has 2 aliphatic heterocycles.